The second-order valence-corrected chi connectivity index (χ2v) is 7.36. The van der Waals surface area contributed by atoms with Crippen molar-refractivity contribution in [2.75, 3.05) is 0 Å². The molecule has 29 heavy (non-hydrogen) atoms. The predicted octanol–water partition coefficient (Wildman–Crippen LogP) is 5.66. The van der Waals surface area contributed by atoms with Crippen molar-refractivity contribution in [2.24, 2.45) is 0 Å². The van der Waals surface area contributed by atoms with E-state index in [1.165, 1.54) is 0 Å². The molecule has 0 aromatic heterocycles. The number of hydrogen-bond donors (Lipinski definition) is 1. The van der Waals surface area contributed by atoms with Crippen LogP contribution >= 0.6 is 0 Å². The number of alkyl halides is 1. The monoisotopic (exact) mass is 398 g/mol. The Kier molecular flexibility index (Phi) is 8.59. The van der Waals surface area contributed by atoms with E-state index in [2.05, 4.69) is 0 Å². The smallest absolute Gasteiger partial charge is 0.335 e. The van der Waals surface area contributed by atoms with Gasteiger partial charge in [0.05, 0.1) is 0 Å². The molecule has 2 aromatic carbocycles. The van der Waals surface area contributed by atoms with E-state index in [1.807, 2.05) is 74.5 Å². The summed E-state index contributed by atoms with van der Waals surface area (Å²) < 4.78 is 19.1. The number of aliphatic hydroxyl groups excluding tert-OH is 1. The van der Waals surface area contributed by atoms with E-state index in [0.717, 1.165) is 28.7 Å². The van der Waals surface area contributed by atoms with Crippen LogP contribution < -0.4 is 0 Å². The molecule has 3 nitrogen and oxygen atoms in total. The van der Waals surface area contributed by atoms with Crippen molar-refractivity contribution in [3.8, 4) is 0 Å². The first-order valence-electron chi connectivity index (χ1n) is 10.3. The summed E-state index contributed by atoms with van der Waals surface area (Å²) in [6.45, 7) is 5.79. The van der Waals surface area contributed by atoms with Crippen LogP contribution in [0.4, 0.5) is 4.39 Å². The van der Waals surface area contributed by atoms with Gasteiger partial charge in [-0.05, 0) is 48.4 Å². The van der Waals surface area contributed by atoms with Crippen LogP contribution in [0.25, 0.3) is 5.57 Å². The highest BCUT2D eigenvalue weighted by molar-refractivity contribution is 5.75. The Bertz CT molecular complexity index is 795. The molecule has 0 fully saturated rings. The van der Waals surface area contributed by atoms with E-state index in [9.17, 15) is 14.3 Å². The minimum absolute atomic E-state index is 0.150. The maximum atomic E-state index is 13.9. The summed E-state index contributed by atoms with van der Waals surface area (Å²) in [5, 5.41) is 10.1. The molecule has 4 heteroatoms. The molecule has 1 aliphatic rings. The van der Waals surface area contributed by atoms with Gasteiger partial charge in [0, 0.05) is 6.42 Å². The fourth-order valence-electron chi connectivity index (χ4n) is 3.18. The molecule has 0 saturated carbocycles. The molecule has 156 valence electrons. The molecule has 2 unspecified atom stereocenters. The van der Waals surface area contributed by atoms with E-state index in [4.69, 9.17) is 4.74 Å². The largest absolute Gasteiger partial charge is 0.459 e. The number of aliphatic hydroxyl groups is 1. The standard InChI is InChI=1S/C23H25FO3.C2H6/c1-23(24)13-11-20(12-14-23)19-9-7-17(8-10-19)15-21(25)22(26)27-16-18-5-3-2-4-6-18;1-2/h2-11,21,25H,12-16H2,1H3;1-2H3. The number of esters is 1. The molecule has 3 rings (SSSR count). The molecule has 0 saturated heterocycles. The SMILES string of the molecule is CC.CC1(F)CC=C(c2ccc(CC(O)C(=O)OCc3ccccc3)cc2)CC1. The van der Waals surface area contributed by atoms with Gasteiger partial charge in [0.1, 0.15) is 12.3 Å². The number of halogens is 1. The summed E-state index contributed by atoms with van der Waals surface area (Å²) in [6.07, 6.45) is 2.67. The second-order valence-electron chi connectivity index (χ2n) is 7.36. The van der Waals surface area contributed by atoms with Crippen LogP contribution in [-0.4, -0.2) is 22.8 Å². The van der Waals surface area contributed by atoms with Crippen molar-refractivity contribution >= 4 is 11.5 Å². The molecule has 1 N–H and O–H groups in total. The lowest BCUT2D eigenvalue weighted by Crippen LogP contribution is -2.25. The van der Waals surface area contributed by atoms with Crippen LogP contribution in [0, 0.1) is 0 Å². The fraction of sp³-hybridized carbons (Fsp3) is 0.400. The van der Waals surface area contributed by atoms with E-state index < -0.39 is 17.7 Å². The summed E-state index contributed by atoms with van der Waals surface area (Å²) in [5.74, 6) is -0.625. The normalized spacial score (nSPS) is 19.4. The van der Waals surface area contributed by atoms with Gasteiger partial charge in [-0.2, -0.15) is 0 Å². The van der Waals surface area contributed by atoms with Crippen molar-refractivity contribution in [1.29, 1.82) is 0 Å². The summed E-state index contributed by atoms with van der Waals surface area (Å²) in [4.78, 5) is 12.0. The van der Waals surface area contributed by atoms with Gasteiger partial charge in [-0.25, -0.2) is 9.18 Å². The minimum Gasteiger partial charge on any atom is -0.459 e. The van der Waals surface area contributed by atoms with Crippen LogP contribution in [0.2, 0.25) is 0 Å². The number of ether oxygens (including phenoxy) is 1. The van der Waals surface area contributed by atoms with Gasteiger partial charge in [0.25, 0.3) is 0 Å². The summed E-state index contributed by atoms with van der Waals surface area (Å²) in [6, 6.07) is 17.1. The number of rotatable bonds is 6. The third kappa shape index (κ3) is 7.13. The van der Waals surface area contributed by atoms with Gasteiger partial charge >= 0.3 is 5.97 Å². The van der Waals surface area contributed by atoms with Gasteiger partial charge in [-0.3, -0.25) is 0 Å². The summed E-state index contributed by atoms with van der Waals surface area (Å²) in [5.41, 5.74) is 2.85. The quantitative estimate of drug-likeness (QED) is 0.639. The molecule has 0 heterocycles. The Morgan fingerprint density at radius 2 is 1.76 bits per heavy atom. The van der Waals surface area contributed by atoms with Crippen LogP contribution in [-0.2, 0) is 22.6 Å². The molecule has 2 atom stereocenters. The highest BCUT2D eigenvalue weighted by Crippen LogP contribution is 2.34. The highest BCUT2D eigenvalue weighted by Gasteiger charge is 2.26. The van der Waals surface area contributed by atoms with Gasteiger partial charge in [-0.1, -0.05) is 74.5 Å². The number of hydrogen-bond acceptors (Lipinski definition) is 3. The number of carbonyl (C=O) groups is 1. The highest BCUT2D eigenvalue weighted by atomic mass is 19.1. The maximum Gasteiger partial charge on any atom is 0.335 e. The van der Waals surface area contributed by atoms with Crippen LogP contribution in [0.15, 0.2) is 60.7 Å². The van der Waals surface area contributed by atoms with Crippen LogP contribution in [0.5, 0.6) is 0 Å². The Hall–Kier alpha value is -2.46. The zero-order valence-corrected chi connectivity index (χ0v) is 17.5. The van der Waals surface area contributed by atoms with Gasteiger partial charge < -0.3 is 9.84 Å². The lowest BCUT2D eigenvalue weighted by atomic mass is 9.85. The molecule has 0 aliphatic heterocycles. The molecule has 0 spiro atoms. The number of carbonyl (C=O) groups excluding carboxylic acids is 1. The molecule has 0 radical (unpaired) electrons. The van der Waals surface area contributed by atoms with Crippen LogP contribution in [0.1, 0.15) is 56.7 Å². The first kappa shape index (κ1) is 22.8. The Morgan fingerprint density at radius 1 is 1.10 bits per heavy atom. The molecule has 2 aromatic rings. The van der Waals surface area contributed by atoms with Crippen molar-refractivity contribution in [3.05, 3.63) is 77.4 Å². The second kappa shape index (κ2) is 10.9. The fourth-order valence-corrected chi connectivity index (χ4v) is 3.18. The van der Waals surface area contributed by atoms with E-state index in [0.29, 0.717) is 12.8 Å². The third-order valence-electron chi connectivity index (χ3n) is 4.94. The maximum absolute atomic E-state index is 13.9. The average Bonchev–Trinajstić information content (AvgIpc) is 2.75. The summed E-state index contributed by atoms with van der Waals surface area (Å²) >= 11 is 0. The average molecular weight is 399 g/mol. The zero-order chi connectivity index (χ0) is 21.3. The molecular formula is C25H31FO3. The molecule has 1 aliphatic carbocycles. The van der Waals surface area contributed by atoms with Crippen molar-refractivity contribution in [1.82, 2.24) is 0 Å². The van der Waals surface area contributed by atoms with Crippen molar-refractivity contribution in [2.45, 2.75) is 64.8 Å². The van der Waals surface area contributed by atoms with Crippen LogP contribution in [0.3, 0.4) is 0 Å². The van der Waals surface area contributed by atoms with E-state index in [-0.39, 0.29) is 13.0 Å². The van der Waals surface area contributed by atoms with Gasteiger partial charge in [-0.15, -0.1) is 0 Å². The van der Waals surface area contributed by atoms with Gasteiger partial charge in [0.2, 0.25) is 0 Å². The predicted molar refractivity (Wildman–Crippen MR) is 115 cm³/mol. The summed E-state index contributed by atoms with van der Waals surface area (Å²) in [7, 11) is 0. The molecule has 0 amide bonds. The first-order valence-corrected chi connectivity index (χ1v) is 10.3. The van der Waals surface area contributed by atoms with E-state index in [1.54, 1.807) is 6.92 Å². The molecule has 0 bridgehead atoms. The number of benzene rings is 2. The number of allylic oxidation sites excluding steroid dienone is 2. The third-order valence-corrected chi connectivity index (χ3v) is 4.94. The minimum atomic E-state index is -1.19. The first-order chi connectivity index (χ1) is 13.9. The lowest BCUT2D eigenvalue weighted by molar-refractivity contribution is -0.154. The Labute approximate surface area is 173 Å². The Morgan fingerprint density at radius 3 is 2.34 bits per heavy atom. The van der Waals surface area contributed by atoms with Crippen molar-refractivity contribution in [3.63, 3.8) is 0 Å². The van der Waals surface area contributed by atoms with Gasteiger partial charge in [0.15, 0.2) is 6.10 Å². The zero-order valence-electron chi connectivity index (χ0n) is 17.5. The van der Waals surface area contributed by atoms with Crippen molar-refractivity contribution < 1.29 is 19.0 Å². The topological polar surface area (TPSA) is 46.5 Å². The molecular weight excluding hydrogens is 367 g/mol. The lowest BCUT2D eigenvalue weighted by Gasteiger charge is -2.25. The Balaban J connectivity index is 0.00000145. The van der Waals surface area contributed by atoms with E-state index >= 15 is 0 Å².